The molecule has 0 N–H and O–H groups in total. The number of rotatable bonds is 6. The summed E-state index contributed by atoms with van der Waals surface area (Å²) in [5.74, 6) is 0. The minimum Gasteiger partial charge on any atom is -0.0622 e. The van der Waals surface area contributed by atoms with Gasteiger partial charge < -0.3 is 0 Å². The molecule has 0 fully saturated rings. The summed E-state index contributed by atoms with van der Waals surface area (Å²) in [6.45, 7) is 0. The van der Waals surface area contributed by atoms with Crippen molar-refractivity contribution < 1.29 is 0 Å². The van der Waals surface area contributed by atoms with Gasteiger partial charge in [-0.25, -0.2) is 0 Å². The summed E-state index contributed by atoms with van der Waals surface area (Å²) in [5, 5.41) is 15.2. The Morgan fingerprint density at radius 2 is 0.321 bits per heavy atom. The molecular formula is C78H46. The van der Waals surface area contributed by atoms with Gasteiger partial charge >= 0.3 is 0 Å². The van der Waals surface area contributed by atoms with Gasteiger partial charge in [0.2, 0.25) is 0 Å². The summed E-state index contributed by atoms with van der Waals surface area (Å²) in [6, 6.07) is 105. The van der Waals surface area contributed by atoms with Gasteiger partial charge in [0.1, 0.15) is 0 Å². The molecule has 0 unspecified atom stereocenters. The molecule has 0 saturated heterocycles. The van der Waals surface area contributed by atoms with Gasteiger partial charge in [-0.3, -0.25) is 0 Å². The quantitative estimate of drug-likeness (QED) is 0.146. The van der Waals surface area contributed by atoms with E-state index >= 15 is 0 Å². The van der Waals surface area contributed by atoms with Gasteiger partial charge in [0, 0.05) is 0 Å². The largest absolute Gasteiger partial charge is 0.0622 e. The van der Waals surface area contributed by atoms with E-state index in [1.807, 2.05) is 0 Å². The van der Waals surface area contributed by atoms with Gasteiger partial charge in [-0.2, -0.15) is 0 Å². The summed E-state index contributed by atoms with van der Waals surface area (Å²) < 4.78 is 0. The lowest BCUT2D eigenvalue weighted by Crippen LogP contribution is -1.93. The number of hydrogen-bond acceptors (Lipinski definition) is 0. The first-order valence-corrected chi connectivity index (χ1v) is 27.3. The molecule has 15 aromatic carbocycles. The molecule has 0 amide bonds. The van der Waals surface area contributed by atoms with Crippen molar-refractivity contribution in [1.29, 1.82) is 0 Å². The number of fused-ring (bicyclic) bond motifs is 10. The first kappa shape index (κ1) is 43.1. The Bertz CT molecular complexity index is 4470. The fraction of sp³-hybridized carbons (Fsp3) is 0. The molecule has 0 radical (unpaired) electrons. The van der Waals surface area contributed by atoms with Crippen molar-refractivity contribution in [2.75, 3.05) is 0 Å². The van der Waals surface area contributed by atoms with Crippen LogP contribution >= 0.6 is 0 Å². The van der Waals surface area contributed by atoms with Crippen molar-refractivity contribution in [3.63, 3.8) is 0 Å². The topological polar surface area (TPSA) is 0 Å². The highest BCUT2D eigenvalue weighted by Gasteiger charge is 2.34. The van der Waals surface area contributed by atoms with E-state index in [0.717, 1.165) is 0 Å². The lowest BCUT2D eigenvalue weighted by atomic mass is 9.82. The maximum atomic E-state index is 2.44. The van der Waals surface area contributed by atoms with Crippen LogP contribution in [-0.4, -0.2) is 0 Å². The van der Waals surface area contributed by atoms with Crippen LogP contribution in [0, 0.1) is 0 Å². The van der Waals surface area contributed by atoms with Crippen LogP contribution in [0.15, 0.2) is 279 Å². The molecule has 2 aliphatic carbocycles. The molecule has 0 heterocycles. The van der Waals surface area contributed by atoms with Crippen LogP contribution in [0.25, 0.3) is 176 Å². The fourth-order valence-corrected chi connectivity index (χ4v) is 14.4. The lowest BCUT2D eigenvalue weighted by Gasteiger charge is -2.21. The van der Waals surface area contributed by atoms with Crippen molar-refractivity contribution in [3.8, 4) is 111 Å². The molecular weight excluding hydrogens is 937 g/mol. The van der Waals surface area contributed by atoms with Crippen molar-refractivity contribution in [2.45, 2.75) is 0 Å². The fourth-order valence-electron chi connectivity index (χ4n) is 14.4. The monoisotopic (exact) mass is 982 g/mol. The summed E-state index contributed by atoms with van der Waals surface area (Å²) in [6.07, 6.45) is 0. The van der Waals surface area contributed by atoms with Crippen molar-refractivity contribution in [3.05, 3.63) is 279 Å². The Balaban J connectivity index is 0.936. The van der Waals surface area contributed by atoms with E-state index in [4.69, 9.17) is 0 Å². The zero-order chi connectivity index (χ0) is 51.0. The summed E-state index contributed by atoms with van der Waals surface area (Å²) in [4.78, 5) is 0. The highest BCUT2D eigenvalue weighted by Crippen LogP contribution is 2.61. The van der Waals surface area contributed by atoms with Gasteiger partial charge in [0.05, 0.1) is 0 Å². The number of hydrogen-bond donors (Lipinski definition) is 0. The molecule has 17 rings (SSSR count). The molecule has 0 aromatic heterocycles. The van der Waals surface area contributed by atoms with Gasteiger partial charge in [-0.1, -0.05) is 279 Å². The van der Waals surface area contributed by atoms with E-state index in [9.17, 15) is 0 Å². The number of benzene rings is 15. The van der Waals surface area contributed by atoms with Crippen LogP contribution in [0.1, 0.15) is 0 Å². The predicted octanol–water partition coefficient (Wildman–Crippen LogP) is 21.9. The van der Waals surface area contributed by atoms with Crippen LogP contribution in [0.3, 0.4) is 0 Å². The average Bonchev–Trinajstić information content (AvgIpc) is 4.06. The molecule has 358 valence electrons. The smallest absolute Gasteiger partial charge is 0.000741 e. The first-order valence-electron chi connectivity index (χ1n) is 27.3. The maximum Gasteiger partial charge on any atom is -0.000741 e. The van der Waals surface area contributed by atoms with Crippen LogP contribution in [0.2, 0.25) is 0 Å². The van der Waals surface area contributed by atoms with Gasteiger partial charge in [0.25, 0.3) is 0 Å². The standard InChI is InChI=1S/C78H46/c1-5-23-47(24-6-1)67-51-31-13-15-33-53(51)69(49-27-9-3-10-28-49)77-65-45-43-61(59-39-21-41-63(73(59)65)75(67)77)71-55-35-17-19-37-57(55)72(58-38-20-18-36-56(58)71)62-44-46-66-74-60(62)40-22-42-64(74)76-68(48-25-7-2-8-26-48)52-32-14-16-34-54(52)70(78(66)76)50-29-11-4-12-30-50/h1-46H. The summed E-state index contributed by atoms with van der Waals surface area (Å²) in [5.41, 5.74) is 25.6. The van der Waals surface area contributed by atoms with Crippen LogP contribution in [0.5, 0.6) is 0 Å². The van der Waals surface area contributed by atoms with Gasteiger partial charge in [-0.05, 0) is 176 Å². The van der Waals surface area contributed by atoms with E-state index in [0.29, 0.717) is 0 Å². The molecule has 15 aromatic rings. The molecule has 0 saturated carbocycles. The van der Waals surface area contributed by atoms with E-state index in [2.05, 4.69) is 279 Å². The Labute approximate surface area is 452 Å². The molecule has 2 aliphatic rings. The van der Waals surface area contributed by atoms with Crippen molar-refractivity contribution in [2.24, 2.45) is 0 Å². The molecule has 0 bridgehead atoms. The normalized spacial score (nSPS) is 12.1. The second-order valence-electron chi connectivity index (χ2n) is 21.2. The van der Waals surface area contributed by atoms with E-state index in [1.165, 1.54) is 176 Å². The van der Waals surface area contributed by atoms with Crippen molar-refractivity contribution in [1.82, 2.24) is 0 Å². The molecule has 0 spiro atoms. The van der Waals surface area contributed by atoms with Crippen molar-refractivity contribution >= 4 is 64.6 Å². The Morgan fingerprint density at radius 1 is 0.115 bits per heavy atom. The van der Waals surface area contributed by atoms with Gasteiger partial charge in [0.15, 0.2) is 0 Å². The molecule has 0 atom stereocenters. The SMILES string of the molecule is c1ccc(-c2c3c(c(-c4ccccc4)c4ccccc24)-c2ccc(-c4c5ccccc5c(-c5ccc6c7c(cccc57)-c5c-6c(-c6ccccc6)c6ccccc6c5-c5ccccc5)c5ccccc45)c4cccc-3c24)cc1. The third-order valence-electron chi connectivity index (χ3n) is 17.3. The minimum absolute atomic E-state index is 1.23. The van der Waals surface area contributed by atoms with Crippen LogP contribution < -0.4 is 0 Å². The highest BCUT2D eigenvalue weighted by atomic mass is 14.4. The third-order valence-corrected chi connectivity index (χ3v) is 17.3. The first-order chi connectivity index (χ1) is 38.8. The zero-order valence-corrected chi connectivity index (χ0v) is 42.6. The Kier molecular flexibility index (Phi) is 9.22. The van der Waals surface area contributed by atoms with Crippen LogP contribution in [-0.2, 0) is 0 Å². The predicted molar refractivity (Wildman–Crippen MR) is 333 cm³/mol. The molecule has 0 nitrogen and oxygen atoms in total. The zero-order valence-electron chi connectivity index (χ0n) is 42.6. The van der Waals surface area contributed by atoms with E-state index < -0.39 is 0 Å². The summed E-state index contributed by atoms with van der Waals surface area (Å²) in [7, 11) is 0. The lowest BCUT2D eigenvalue weighted by molar-refractivity contribution is 1.62. The van der Waals surface area contributed by atoms with E-state index in [1.54, 1.807) is 0 Å². The minimum atomic E-state index is 1.23. The molecule has 0 aliphatic heterocycles. The van der Waals surface area contributed by atoms with E-state index in [-0.39, 0.29) is 0 Å². The Morgan fingerprint density at radius 3 is 0.590 bits per heavy atom. The second-order valence-corrected chi connectivity index (χ2v) is 21.2. The molecule has 0 heteroatoms. The Hall–Kier alpha value is -10.1. The second kappa shape index (κ2) is 16.7. The third kappa shape index (κ3) is 5.95. The van der Waals surface area contributed by atoms with Gasteiger partial charge in [-0.15, -0.1) is 0 Å². The molecule has 78 heavy (non-hydrogen) atoms. The highest BCUT2D eigenvalue weighted by molar-refractivity contribution is 6.34. The van der Waals surface area contributed by atoms with Crippen LogP contribution in [0.4, 0.5) is 0 Å². The summed E-state index contributed by atoms with van der Waals surface area (Å²) >= 11 is 0. The maximum absolute atomic E-state index is 2.44. The average molecular weight is 983 g/mol.